The number of hydrogen-bond acceptors (Lipinski definition) is 4. The second-order valence-electron chi connectivity index (χ2n) is 4.16. The Balaban J connectivity index is 0.00000242. The Morgan fingerprint density at radius 3 is 2.14 bits per heavy atom. The molecule has 1 atom stereocenters. The van der Waals surface area contributed by atoms with Gasteiger partial charge in [0.2, 0.25) is 0 Å². The summed E-state index contributed by atoms with van der Waals surface area (Å²) in [6.07, 6.45) is -1.42. The summed E-state index contributed by atoms with van der Waals surface area (Å²) in [5, 5.41) is 10.6. The van der Waals surface area contributed by atoms with Crippen LogP contribution < -0.4 is 29.6 Å². The first kappa shape index (κ1) is 20.2. The Kier molecular flexibility index (Phi) is 7.20. The molecule has 1 unspecified atom stereocenters. The number of halogens is 3. The molecule has 1 N–H and O–H groups in total. The number of aliphatic hydroxyl groups is 1. The van der Waals surface area contributed by atoms with E-state index in [9.17, 15) is 18.1 Å². The fourth-order valence-corrected chi connectivity index (χ4v) is 3.21. The van der Waals surface area contributed by atoms with Crippen molar-refractivity contribution in [1.82, 2.24) is 0 Å². The summed E-state index contributed by atoms with van der Waals surface area (Å²) in [5.41, 5.74) is 0.0787. The van der Waals surface area contributed by atoms with Gasteiger partial charge in [-0.2, -0.15) is 0 Å². The molecule has 0 heterocycles. The van der Waals surface area contributed by atoms with Crippen molar-refractivity contribution in [3.05, 3.63) is 62.6 Å². The molecule has 0 aliphatic carbocycles. The number of aliphatic hydroxyl groups excluding tert-OH is 1. The summed E-state index contributed by atoms with van der Waals surface area (Å²) < 4.78 is 33.7. The molecule has 0 saturated heterocycles. The van der Waals surface area contributed by atoms with Gasteiger partial charge in [0.1, 0.15) is 16.2 Å². The summed E-state index contributed by atoms with van der Waals surface area (Å²) in [5.74, 6) is 0. The monoisotopic (exact) mass is 388 g/mol. The SMILES string of the molecule is O=S(=O)([O-])c1ccccc1C(O)c1ccc(Cl)c(Cl)c1Cl.[Na+]. The minimum absolute atomic E-state index is 0. The predicted octanol–water partition coefficient (Wildman–Crippen LogP) is 0.637. The van der Waals surface area contributed by atoms with E-state index in [1.807, 2.05) is 0 Å². The summed E-state index contributed by atoms with van der Waals surface area (Å²) in [7, 11) is -4.73. The average Bonchev–Trinajstić information content (AvgIpc) is 2.43. The predicted molar refractivity (Wildman–Crippen MR) is 79.9 cm³/mol. The molecule has 2 aromatic rings. The molecule has 2 rings (SSSR count). The van der Waals surface area contributed by atoms with E-state index in [0.29, 0.717) is 0 Å². The second kappa shape index (κ2) is 7.83. The molecule has 0 saturated carbocycles. The van der Waals surface area contributed by atoms with Gasteiger partial charge in [-0.05, 0) is 12.1 Å². The van der Waals surface area contributed by atoms with Gasteiger partial charge in [0, 0.05) is 11.1 Å². The maximum absolute atomic E-state index is 11.2. The van der Waals surface area contributed by atoms with Crippen molar-refractivity contribution >= 4 is 44.9 Å². The van der Waals surface area contributed by atoms with Crippen LogP contribution in [0.4, 0.5) is 0 Å². The summed E-state index contributed by atoms with van der Waals surface area (Å²) in [6.45, 7) is 0. The Morgan fingerprint density at radius 1 is 0.955 bits per heavy atom. The Labute approximate surface area is 165 Å². The molecular weight excluding hydrogens is 382 g/mol. The van der Waals surface area contributed by atoms with E-state index >= 15 is 0 Å². The third kappa shape index (κ3) is 4.17. The van der Waals surface area contributed by atoms with Gasteiger partial charge in [-0.1, -0.05) is 59.1 Å². The van der Waals surface area contributed by atoms with Crippen LogP contribution in [0.25, 0.3) is 0 Å². The summed E-state index contributed by atoms with van der Waals surface area (Å²) >= 11 is 17.7. The first-order chi connectivity index (χ1) is 9.73. The van der Waals surface area contributed by atoms with Gasteiger partial charge in [0.05, 0.1) is 20.0 Å². The standard InChI is InChI=1S/C13H9Cl3O4S.Na/c14-9-6-5-8(11(15)12(9)16)13(17)7-3-1-2-4-10(7)21(18,19)20;/h1-6,13,17H,(H,18,19,20);/q;+1/p-1. The van der Waals surface area contributed by atoms with E-state index < -0.39 is 21.1 Å². The van der Waals surface area contributed by atoms with E-state index in [1.165, 1.54) is 30.3 Å². The Hall–Kier alpha value is 0.180. The molecule has 22 heavy (non-hydrogen) atoms. The van der Waals surface area contributed by atoms with Crippen LogP contribution in [0, 0.1) is 0 Å². The van der Waals surface area contributed by atoms with Gasteiger partial charge in [-0.3, -0.25) is 0 Å². The van der Waals surface area contributed by atoms with Gasteiger partial charge >= 0.3 is 29.6 Å². The third-order valence-electron chi connectivity index (χ3n) is 2.84. The van der Waals surface area contributed by atoms with Gasteiger partial charge in [0.15, 0.2) is 0 Å². The molecule has 2 aromatic carbocycles. The molecule has 0 amide bonds. The molecule has 112 valence electrons. The van der Waals surface area contributed by atoms with Crippen LogP contribution in [0.3, 0.4) is 0 Å². The topological polar surface area (TPSA) is 77.4 Å². The van der Waals surface area contributed by atoms with Crippen LogP contribution in [0.5, 0.6) is 0 Å². The van der Waals surface area contributed by atoms with E-state index in [2.05, 4.69) is 0 Å². The van der Waals surface area contributed by atoms with Crippen LogP contribution in [0.15, 0.2) is 41.3 Å². The summed E-state index contributed by atoms with van der Waals surface area (Å²) in [4.78, 5) is -0.514. The molecular formula is C13H8Cl3NaO4S. The Morgan fingerprint density at radius 2 is 1.55 bits per heavy atom. The first-order valence-corrected chi connectivity index (χ1v) is 8.14. The number of hydrogen-bond donors (Lipinski definition) is 1. The van der Waals surface area contributed by atoms with Crippen LogP contribution in [0.2, 0.25) is 15.1 Å². The van der Waals surface area contributed by atoms with Crippen molar-refractivity contribution < 1.29 is 47.6 Å². The smallest absolute Gasteiger partial charge is 0.744 e. The Bertz CT molecular complexity index is 796. The van der Waals surface area contributed by atoms with Crippen LogP contribution in [-0.2, 0) is 10.1 Å². The molecule has 0 fully saturated rings. The van der Waals surface area contributed by atoms with Crippen LogP contribution >= 0.6 is 34.8 Å². The minimum atomic E-state index is -4.73. The maximum atomic E-state index is 11.2. The van der Waals surface area contributed by atoms with Crippen molar-refractivity contribution in [3.63, 3.8) is 0 Å². The first-order valence-electron chi connectivity index (χ1n) is 5.59. The van der Waals surface area contributed by atoms with Crippen molar-refractivity contribution in [2.45, 2.75) is 11.0 Å². The van der Waals surface area contributed by atoms with Crippen molar-refractivity contribution in [1.29, 1.82) is 0 Å². The third-order valence-corrected chi connectivity index (χ3v) is 5.06. The molecule has 0 bridgehead atoms. The quantitative estimate of drug-likeness (QED) is 0.475. The molecule has 4 nitrogen and oxygen atoms in total. The van der Waals surface area contributed by atoms with Crippen molar-refractivity contribution in [2.75, 3.05) is 0 Å². The van der Waals surface area contributed by atoms with Gasteiger partial charge < -0.3 is 9.66 Å². The van der Waals surface area contributed by atoms with E-state index in [4.69, 9.17) is 34.8 Å². The van der Waals surface area contributed by atoms with E-state index in [-0.39, 0.29) is 55.8 Å². The average molecular weight is 390 g/mol. The van der Waals surface area contributed by atoms with Crippen LogP contribution in [0.1, 0.15) is 17.2 Å². The molecule has 0 aliphatic rings. The van der Waals surface area contributed by atoms with E-state index in [1.54, 1.807) is 0 Å². The fourth-order valence-electron chi connectivity index (χ4n) is 1.85. The van der Waals surface area contributed by atoms with Gasteiger partial charge in [-0.25, -0.2) is 8.42 Å². The summed E-state index contributed by atoms with van der Waals surface area (Å²) in [6, 6.07) is 8.16. The zero-order valence-corrected chi connectivity index (χ0v) is 16.3. The number of rotatable bonds is 3. The normalized spacial score (nSPS) is 12.6. The van der Waals surface area contributed by atoms with Crippen molar-refractivity contribution in [3.8, 4) is 0 Å². The molecule has 0 aliphatic heterocycles. The fraction of sp³-hybridized carbons (Fsp3) is 0.0769. The molecule has 0 aromatic heterocycles. The largest absolute Gasteiger partial charge is 1.00 e. The number of benzene rings is 2. The van der Waals surface area contributed by atoms with Crippen LogP contribution in [-0.4, -0.2) is 18.1 Å². The zero-order valence-electron chi connectivity index (χ0n) is 11.3. The molecule has 0 spiro atoms. The second-order valence-corrected chi connectivity index (χ2v) is 6.67. The van der Waals surface area contributed by atoms with E-state index in [0.717, 1.165) is 6.07 Å². The minimum Gasteiger partial charge on any atom is -0.744 e. The van der Waals surface area contributed by atoms with Gasteiger partial charge in [0.25, 0.3) is 0 Å². The molecule has 0 radical (unpaired) electrons. The van der Waals surface area contributed by atoms with Crippen molar-refractivity contribution in [2.24, 2.45) is 0 Å². The van der Waals surface area contributed by atoms with Gasteiger partial charge in [-0.15, -0.1) is 0 Å². The zero-order chi connectivity index (χ0) is 15.8. The maximum Gasteiger partial charge on any atom is 1.00 e. The molecule has 9 heteroatoms.